The van der Waals surface area contributed by atoms with E-state index in [1.807, 2.05) is 7.05 Å². The van der Waals surface area contributed by atoms with Crippen molar-refractivity contribution in [1.82, 2.24) is 10.2 Å². The van der Waals surface area contributed by atoms with Gasteiger partial charge in [-0.25, -0.2) is 0 Å². The smallest absolute Gasteiger partial charge is 0.0416 e. The van der Waals surface area contributed by atoms with Gasteiger partial charge in [0.25, 0.3) is 0 Å². The van der Waals surface area contributed by atoms with Crippen molar-refractivity contribution in [2.24, 2.45) is 0 Å². The van der Waals surface area contributed by atoms with E-state index < -0.39 is 0 Å². The average molecular weight is 352 g/mol. The van der Waals surface area contributed by atoms with Gasteiger partial charge >= 0.3 is 0 Å². The molecule has 1 aromatic rings. The number of piperidine rings is 1. The summed E-state index contributed by atoms with van der Waals surface area (Å²) in [7, 11) is 2.04. The van der Waals surface area contributed by atoms with Crippen LogP contribution >= 0.6 is 15.9 Å². The molecule has 4 heteroatoms. The van der Waals surface area contributed by atoms with Crippen LogP contribution in [0.4, 0.5) is 5.69 Å². The van der Waals surface area contributed by atoms with E-state index in [1.54, 1.807) is 0 Å². The van der Waals surface area contributed by atoms with Crippen LogP contribution in [-0.4, -0.2) is 44.2 Å². The highest BCUT2D eigenvalue weighted by Crippen LogP contribution is 2.32. The number of hydrogen-bond donors (Lipinski definition) is 1. The van der Waals surface area contributed by atoms with Crippen molar-refractivity contribution in [2.45, 2.75) is 38.3 Å². The fourth-order valence-corrected chi connectivity index (χ4v) is 4.07. The van der Waals surface area contributed by atoms with Crippen molar-refractivity contribution in [3.05, 3.63) is 28.2 Å². The summed E-state index contributed by atoms with van der Waals surface area (Å²) < 4.78 is 1.17. The third-order valence-electron chi connectivity index (χ3n) is 5.07. The first kappa shape index (κ1) is 15.3. The molecular formula is C17H26BrN3. The number of halogens is 1. The van der Waals surface area contributed by atoms with Gasteiger partial charge in [0, 0.05) is 41.9 Å². The van der Waals surface area contributed by atoms with Crippen molar-refractivity contribution in [2.75, 3.05) is 38.1 Å². The molecule has 116 valence electrons. The van der Waals surface area contributed by atoms with Crippen LogP contribution < -0.4 is 10.2 Å². The highest BCUT2D eigenvalue weighted by molar-refractivity contribution is 9.10. The zero-order chi connectivity index (χ0) is 14.8. The number of rotatable bonds is 3. The van der Waals surface area contributed by atoms with E-state index in [9.17, 15) is 0 Å². The van der Waals surface area contributed by atoms with E-state index in [-0.39, 0.29) is 0 Å². The van der Waals surface area contributed by atoms with Crippen molar-refractivity contribution in [1.29, 1.82) is 0 Å². The molecule has 1 aromatic carbocycles. The Morgan fingerprint density at radius 3 is 2.90 bits per heavy atom. The molecule has 0 saturated carbocycles. The van der Waals surface area contributed by atoms with E-state index in [2.05, 4.69) is 56.2 Å². The Bertz CT molecular complexity index is 491. The zero-order valence-electron chi connectivity index (χ0n) is 13.1. The lowest BCUT2D eigenvalue weighted by Crippen LogP contribution is -2.55. The van der Waals surface area contributed by atoms with Crippen molar-refractivity contribution < 1.29 is 0 Å². The first-order valence-electron chi connectivity index (χ1n) is 8.14. The minimum absolute atomic E-state index is 0.377. The quantitative estimate of drug-likeness (QED) is 0.900. The Labute approximate surface area is 136 Å². The summed E-state index contributed by atoms with van der Waals surface area (Å²) in [5.74, 6) is 0. The van der Waals surface area contributed by atoms with Crippen LogP contribution in [0.5, 0.6) is 0 Å². The number of hydrogen-bond acceptors (Lipinski definition) is 3. The maximum absolute atomic E-state index is 3.62. The molecule has 3 nitrogen and oxygen atoms in total. The summed E-state index contributed by atoms with van der Waals surface area (Å²) in [6, 6.07) is 7.86. The molecule has 0 radical (unpaired) electrons. The van der Waals surface area contributed by atoms with Gasteiger partial charge in [-0.15, -0.1) is 0 Å². The minimum atomic E-state index is 0.377. The van der Waals surface area contributed by atoms with E-state index >= 15 is 0 Å². The van der Waals surface area contributed by atoms with Gasteiger partial charge in [-0.1, -0.05) is 22.4 Å². The molecule has 2 saturated heterocycles. The number of nitrogens with zero attached hydrogens (tertiary/aromatic N) is 2. The van der Waals surface area contributed by atoms with E-state index in [1.165, 1.54) is 54.6 Å². The van der Waals surface area contributed by atoms with Gasteiger partial charge in [0.15, 0.2) is 0 Å². The summed E-state index contributed by atoms with van der Waals surface area (Å²) in [5, 5.41) is 3.39. The Morgan fingerprint density at radius 1 is 1.24 bits per heavy atom. The minimum Gasteiger partial charge on any atom is -0.368 e. The molecule has 0 aromatic heterocycles. The monoisotopic (exact) mass is 351 g/mol. The average Bonchev–Trinajstić information content (AvgIpc) is 2.53. The number of anilines is 1. The maximum Gasteiger partial charge on any atom is 0.0416 e. The molecule has 0 spiro atoms. The summed E-state index contributed by atoms with van der Waals surface area (Å²) in [5.41, 5.74) is 2.81. The predicted molar refractivity (Wildman–Crippen MR) is 93.0 cm³/mol. The molecule has 0 aliphatic carbocycles. The highest BCUT2D eigenvalue weighted by Gasteiger charge is 2.30. The van der Waals surface area contributed by atoms with E-state index in [0.29, 0.717) is 6.04 Å². The van der Waals surface area contributed by atoms with Crippen LogP contribution in [0, 0.1) is 0 Å². The summed E-state index contributed by atoms with van der Waals surface area (Å²) in [6.45, 7) is 7.10. The maximum atomic E-state index is 3.62. The van der Waals surface area contributed by atoms with Crippen LogP contribution in [0.3, 0.4) is 0 Å². The van der Waals surface area contributed by atoms with Gasteiger partial charge in [-0.3, -0.25) is 4.90 Å². The van der Waals surface area contributed by atoms with Gasteiger partial charge in [0.1, 0.15) is 0 Å². The molecule has 21 heavy (non-hydrogen) atoms. The Balaban J connectivity index is 1.83. The molecular weight excluding hydrogens is 326 g/mol. The topological polar surface area (TPSA) is 18.5 Å². The second kappa shape index (κ2) is 6.67. The molecule has 3 rings (SSSR count). The number of nitrogens with one attached hydrogen (secondary N) is 1. The lowest BCUT2D eigenvalue weighted by atomic mass is 9.98. The lowest BCUT2D eigenvalue weighted by Gasteiger charge is -2.45. The molecule has 2 unspecified atom stereocenters. The van der Waals surface area contributed by atoms with Gasteiger partial charge < -0.3 is 10.2 Å². The number of piperazine rings is 1. The van der Waals surface area contributed by atoms with Crippen molar-refractivity contribution >= 4 is 21.6 Å². The molecule has 2 fully saturated rings. The predicted octanol–water partition coefficient (Wildman–Crippen LogP) is 3.40. The van der Waals surface area contributed by atoms with Gasteiger partial charge in [0.05, 0.1) is 0 Å². The lowest BCUT2D eigenvalue weighted by molar-refractivity contribution is 0.133. The van der Waals surface area contributed by atoms with E-state index in [4.69, 9.17) is 0 Å². The fourth-order valence-electron chi connectivity index (χ4n) is 3.69. The molecule has 2 heterocycles. The third kappa shape index (κ3) is 3.27. The SMILES string of the molecule is CNC(C)c1cc(Br)ccc1N1CCN2CCCCC2C1. The number of fused-ring (bicyclic) bond motifs is 1. The van der Waals surface area contributed by atoms with Gasteiger partial charge in [0.2, 0.25) is 0 Å². The summed E-state index contributed by atoms with van der Waals surface area (Å²) in [4.78, 5) is 5.29. The Hall–Kier alpha value is -0.580. The van der Waals surface area contributed by atoms with Crippen LogP contribution in [0.15, 0.2) is 22.7 Å². The Kier molecular flexibility index (Phi) is 4.87. The molecule has 0 bridgehead atoms. The first-order chi connectivity index (χ1) is 10.2. The molecule has 2 aliphatic heterocycles. The molecule has 2 aliphatic rings. The normalized spacial score (nSPS) is 24.7. The third-order valence-corrected chi connectivity index (χ3v) is 5.56. The van der Waals surface area contributed by atoms with E-state index in [0.717, 1.165) is 12.6 Å². The fraction of sp³-hybridized carbons (Fsp3) is 0.647. The van der Waals surface area contributed by atoms with Crippen molar-refractivity contribution in [3.8, 4) is 0 Å². The van der Waals surface area contributed by atoms with Gasteiger partial charge in [-0.2, -0.15) is 0 Å². The van der Waals surface area contributed by atoms with Crippen LogP contribution in [0.2, 0.25) is 0 Å². The van der Waals surface area contributed by atoms with Gasteiger partial charge in [-0.05, 0) is 57.1 Å². The first-order valence-corrected chi connectivity index (χ1v) is 8.94. The Morgan fingerprint density at radius 2 is 2.10 bits per heavy atom. The highest BCUT2D eigenvalue weighted by atomic mass is 79.9. The number of benzene rings is 1. The van der Waals surface area contributed by atoms with Crippen LogP contribution in [-0.2, 0) is 0 Å². The zero-order valence-corrected chi connectivity index (χ0v) is 14.7. The van der Waals surface area contributed by atoms with Crippen LogP contribution in [0.25, 0.3) is 0 Å². The van der Waals surface area contributed by atoms with Crippen molar-refractivity contribution in [3.63, 3.8) is 0 Å². The molecule has 2 atom stereocenters. The second-order valence-corrected chi connectivity index (χ2v) is 7.26. The second-order valence-electron chi connectivity index (χ2n) is 6.35. The summed E-state index contributed by atoms with van der Waals surface area (Å²) in [6.07, 6.45) is 4.15. The standard InChI is InChI=1S/C17H26BrN3/c1-13(19-2)16-11-14(18)6-7-17(16)21-10-9-20-8-4-3-5-15(20)12-21/h6-7,11,13,15,19H,3-5,8-10,12H2,1-2H3. The summed E-state index contributed by atoms with van der Waals surface area (Å²) >= 11 is 3.62. The molecule has 1 N–H and O–H groups in total. The van der Waals surface area contributed by atoms with Crippen LogP contribution in [0.1, 0.15) is 37.8 Å². The largest absolute Gasteiger partial charge is 0.368 e. The molecule has 0 amide bonds.